The molecule has 0 spiro atoms. The maximum absolute atomic E-state index is 12.1. The highest BCUT2D eigenvalue weighted by atomic mass is 16.1. The Balaban J connectivity index is 2.07. The number of nitrogens with one attached hydrogen (secondary N) is 1. The summed E-state index contributed by atoms with van der Waals surface area (Å²) in [4.78, 5) is 12.1. The predicted octanol–water partition coefficient (Wildman–Crippen LogP) is 3.05. The van der Waals surface area contributed by atoms with Gasteiger partial charge in [0, 0.05) is 11.8 Å². The largest absolute Gasteiger partial charge is 0.295 e. The summed E-state index contributed by atoms with van der Waals surface area (Å²) in [7, 11) is 0. The third-order valence-corrected chi connectivity index (χ3v) is 5.21. The lowest BCUT2D eigenvalue weighted by molar-refractivity contribution is -0.116. The van der Waals surface area contributed by atoms with Gasteiger partial charge in [-0.2, -0.15) is 15.4 Å². The van der Waals surface area contributed by atoms with E-state index in [1.54, 1.807) is 0 Å². The van der Waals surface area contributed by atoms with Gasteiger partial charge in [0.05, 0.1) is 0 Å². The van der Waals surface area contributed by atoms with E-state index in [1.165, 1.54) is 16.7 Å². The van der Waals surface area contributed by atoms with Gasteiger partial charge >= 0.3 is 0 Å². The molecule has 2 aromatic rings. The molecule has 1 aromatic heterocycles. The zero-order valence-corrected chi connectivity index (χ0v) is 11.8. The zero-order valence-electron chi connectivity index (χ0n) is 11.8. The Morgan fingerprint density at radius 3 is 3.00 bits per heavy atom. The molecule has 0 radical (unpaired) electrons. The fraction of sp³-hybridized carbons (Fsp3) is 0.438. The van der Waals surface area contributed by atoms with Gasteiger partial charge in [0.25, 0.3) is 0 Å². The number of aromatic amines is 1. The number of hydrogen-bond donors (Lipinski definition) is 1. The lowest BCUT2D eigenvalue weighted by Crippen LogP contribution is -2.27. The van der Waals surface area contributed by atoms with Gasteiger partial charge < -0.3 is 0 Å². The van der Waals surface area contributed by atoms with E-state index in [0.29, 0.717) is 12.2 Å². The molecule has 0 saturated heterocycles. The van der Waals surface area contributed by atoms with Crippen LogP contribution < -0.4 is 0 Å². The molecular formula is C16H17N3O. The Labute approximate surface area is 117 Å². The van der Waals surface area contributed by atoms with Crippen LogP contribution in [0.2, 0.25) is 0 Å². The second-order valence-electron chi connectivity index (χ2n) is 6.02. The first-order chi connectivity index (χ1) is 9.66. The van der Waals surface area contributed by atoms with E-state index < -0.39 is 0 Å². The molecule has 1 heterocycles. The van der Waals surface area contributed by atoms with E-state index >= 15 is 0 Å². The van der Waals surface area contributed by atoms with Crippen molar-refractivity contribution in [1.82, 2.24) is 15.4 Å². The van der Waals surface area contributed by atoms with E-state index in [2.05, 4.69) is 28.4 Å². The molecule has 0 saturated carbocycles. The number of benzene rings is 1. The van der Waals surface area contributed by atoms with Crippen LogP contribution in [0.25, 0.3) is 16.6 Å². The minimum Gasteiger partial charge on any atom is -0.295 e. The van der Waals surface area contributed by atoms with Gasteiger partial charge in [-0.25, -0.2) is 0 Å². The third-order valence-electron chi connectivity index (χ3n) is 5.21. The van der Waals surface area contributed by atoms with Gasteiger partial charge in [-0.05, 0) is 54.5 Å². The second kappa shape index (κ2) is 3.78. The first-order valence-corrected chi connectivity index (χ1v) is 7.23. The highest BCUT2D eigenvalue weighted by molar-refractivity contribution is 6.07. The molecule has 1 aromatic carbocycles. The SMILES string of the molecule is CCC12CCC(=O)C(C)=C1c1ccc3n[nH]nc3c1C2. The topological polar surface area (TPSA) is 58.6 Å². The van der Waals surface area contributed by atoms with Crippen LogP contribution in [0.3, 0.4) is 0 Å². The molecule has 1 N–H and O–H groups in total. The predicted molar refractivity (Wildman–Crippen MR) is 77.2 cm³/mol. The number of carbonyl (C=O) groups excluding carboxylic acids is 1. The number of fused-ring (bicyclic) bond motifs is 5. The fourth-order valence-corrected chi connectivity index (χ4v) is 4.06. The normalized spacial score (nSPS) is 25.2. The second-order valence-corrected chi connectivity index (χ2v) is 6.02. The summed E-state index contributed by atoms with van der Waals surface area (Å²) < 4.78 is 0. The van der Waals surface area contributed by atoms with Gasteiger partial charge in [0.15, 0.2) is 5.78 Å². The van der Waals surface area contributed by atoms with Crippen molar-refractivity contribution in [1.29, 1.82) is 0 Å². The molecule has 0 aliphatic heterocycles. The van der Waals surface area contributed by atoms with Crippen LogP contribution in [0.4, 0.5) is 0 Å². The summed E-state index contributed by atoms with van der Waals surface area (Å²) in [6.07, 6.45) is 3.70. The molecule has 0 fully saturated rings. The Hall–Kier alpha value is -1.97. The standard InChI is InChI=1S/C16H17N3O/c1-3-16-7-6-13(20)9(2)14(16)10-4-5-12-15(11(10)8-16)18-19-17-12/h4-5H,3,6-8H2,1-2H3,(H,17,18,19). The highest BCUT2D eigenvalue weighted by Crippen LogP contribution is 2.56. The van der Waals surface area contributed by atoms with Crippen LogP contribution in [0.5, 0.6) is 0 Å². The van der Waals surface area contributed by atoms with Crippen molar-refractivity contribution in [2.24, 2.45) is 5.41 Å². The number of allylic oxidation sites excluding steroid dienone is 2. The smallest absolute Gasteiger partial charge is 0.158 e. The van der Waals surface area contributed by atoms with Crippen molar-refractivity contribution < 1.29 is 4.79 Å². The number of ketones is 1. The molecule has 2 aliphatic carbocycles. The van der Waals surface area contributed by atoms with Gasteiger partial charge in [0.2, 0.25) is 0 Å². The molecule has 4 nitrogen and oxygen atoms in total. The number of Topliss-reactive ketones (excluding diaryl/α,β-unsaturated/α-hetero) is 1. The van der Waals surface area contributed by atoms with Crippen molar-refractivity contribution in [2.45, 2.75) is 39.5 Å². The van der Waals surface area contributed by atoms with Crippen molar-refractivity contribution >= 4 is 22.4 Å². The summed E-state index contributed by atoms with van der Waals surface area (Å²) in [5.41, 5.74) is 6.74. The zero-order chi connectivity index (χ0) is 13.9. The van der Waals surface area contributed by atoms with Crippen LogP contribution in [0.15, 0.2) is 17.7 Å². The number of hydrogen-bond acceptors (Lipinski definition) is 3. The van der Waals surface area contributed by atoms with Crippen LogP contribution in [0, 0.1) is 5.41 Å². The third kappa shape index (κ3) is 1.29. The van der Waals surface area contributed by atoms with E-state index in [9.17, 15) is 4.79 Å². The number of aromatic nitrogens is 3. The van der Waals surface area contributed by atoms with Crippen molar-refractivity contribution in [3.05, 3.63) is 28.8 Å². The average Bonchev–Trinajstić information content (AvgIpc) is 3.05. The summed E-state index contributed by atoms with van der Waals surface area (Å²) in [5.74, 6) is 0.303. The number of rotatable bonds is 1. The Kier molecular flexibility index (Phi) is 2.23. The number of H-pyrrole nitrogens is 1. The molecule has 4 heteroatoms. The van der Waals surface area contributed by atoms with Crippen molar-refractivity contribution in [3.8, 4) is 0 Å². The molecule has 0 bridgehead atoms. The average molecular weight is 267 g/mol. The Morgan fingerprint density at radius 2 is 2.20 bits per heavy atom. The van der Waals surface area contributed by atoms with Crippen LogP contribution in [-0.2, 0) is 11.2 Å². The van der Waals surface area contributed by atoms with Crippen LogP contribution >= 0.6 is 0 Å². The van der Waals surface area contributed by atoms with E-state index in [-0.39, 0.29) is 5.41 Å². The number of carbonyl (C=O) groups is 1. The van der Waals surface area contributed by atoms with Gasteiger partial charge in [-0.3, -0.25) is 4.79 Å². The molecule has 0 amide bonds. The van der Waals surface area contributed by atoms with E-state index in [0.717, 1.165) is 35.9 Å². The fourth-order valence-electron chi connectivity index (χ4n) is 4.06. The van der Waals surface area contributed by atoms with Gasteiger partial charge in [-0.1, -0.05) is 13.0 Å². The summed E-state index contributed by atoms with van der Waals surface area (Å²) in [6.45, 7) is 4.22. The van der Waals surface area contributed by atoms with E-state index in [1.807, 2.05) is 13.0 Å². The maximum atomic E-state index is 12.1. The quantitative estimate of drug-likeness (QED) is 0.864. The van der Waals surface area contributed by atoms with E-state index in [4.69, 9.17) is 0 Å². The number of nitrogens with zero attached hydrogens (tertiary/aromatic N) is 2. The summed E-state index contributed by atoms with van der Waals surface area (Å²) >= 11 is 0. The first kappa shape index (κ1) is 11.8. The minimum absolute atomic E-state index is 0.132. The van der Waals surface area contributed by atoms with Crippen molar-refractivity contribution in [2.75, 3.05) is 0 Å². The van der Waals surface area contributed by atoms with Gasteiger partial charge in [0.1, 0.15) is 11.0 Å². The molecule has 102 valence electrons. The molecule has 20 heavy (non-hydrogen) atoms. The Bertz CT molecular complexity index is 771. The minimum atomic E-state index is 0.132. The van der Waals surface area contributed by atoms with Crippen LogP contribution in [-0.4, -0.2) is 21.2 Å². The lowest BCUT2D eigenvalue weighted by Gasteiger charge is -2.34. The Morgan fingerprint density at radius 1 is 1.35 bits per heavy atom. The summed E-state index contributed by atoms with van der Waals surface area (Å²) in [6, 6.07) is 4.12. The molecule has 2 aliphatic rings. The molecule has 1 atom stereocenters. The lowest BCUT2D eigenvalue weighted by atomic mass is 9.68. The monoisotopic (exact) mass is 267 g/mol. The molecule has 1 unspecified atom stereocenters. The first-order valence-electron chi connectivity index (χ1n) is 7.23. The summed E-state index contributed by atoms with van der Waals surface area (Å²) in [5, 5.41) is 11.2. The highest BCUT2D eigenvalue weighted by Gasteiger charge is 2.45. The van der Waals surface area contributed by atoms with Crippen LogP contribution in [0.1, 0.15) is 44.2 Å². The maximum Gasteiger partial charge on any atom is 0.158 e. The van der Waals surface area contributed by atoms with Gasteiger partial charge in [-0.15, -0.1) is 0 Å². The molecule has 4 rings (SSSR count). The molecular weight excluding hydrogens is 250 g/mol. The van der Waals surface area contributed by atoms with Crippen molar-refractivity contribution in [3.63, 3.8) is 0 Å².